The highest BCUT2D eigenvalue weighted by Crippen LogP contribution is 2.47. The molecule has 0 aliphatic carbocycles. The van der Waals surface area contributed by atoms with Crippen molar-refractivity contribution in [3.63, 3.8) is 0 Å². The Morgan fingerprint density at radius 2 is 1.92 bits per heavy atom. The number of nitrogens with zero attached hydrogens (tertiary/aromatic N) is 2. The predicted octanol–water partition coefficient (Wildman–Crippen LogP) is -0.295. The molecule has 0 radical (unpaired) electrons. The molecule has 0 aromatic carbocycles. The van der Waals surface area contributed by atoms with Crippen LogP contribution < -0.4 is 10.9 Å². The summed E-state index contributed by atoms with van der Waals surface area (Å²) in [5.74, 6) is -0.747. The van der Waals surface area contributed by atoms with Crippen molar-refractivity contribution in [2.75, 3.05) is 6.54 Å². The number of carbonyl (C=O) groups is 3. The minimum atomic E-state index is -4.91. The number of fused-ring (bicyclic) bond motifs is 2. The lowest BCUT2D eigenvalue weighted by molar-refractivity contribution is -0.141. The number of nitrogens with one attached hydrogen (secondary N) is 2. The third kappa shape index (κ3) is 3.34. The van der Waals surface area contributed by atoms with Gasteiger partial charge in [-0.3, -0.25) is 14.8 Å². The number of hydrogen-bond acceptors (Lipinski definition) is 6. The van der Waals surface area contributed by atoms with Crippen molar-refractivity contribution in [3.8, 4) is 0 Å². The highest BCUT2D eigenvalue weighted by atomic mass is 32.3. The summed E-state index contributed by atoms with van der Waals surface area (Å²) in [6, 6.07) is -1.56. The zero-order valence-electron chi connectivity index (χ0n) is 13.8. The first-order valence-corrected chi connectivity index (χ1v) is 8.73. The molecule has 2 saturated heterocycles. The van der Waals surface area contributed by atoms with E-state index in [-0.39, 0.29) is 19.4 Å². The van der Waals surface area contributed by atoms with Crippen LogP contribution in [0.4, 0.5) is 9.59 Å². The van der Waals surface area contributed by atoms with E-state index >= 15 is 0 Å². The number of rotatable bonds is 3. The van der Waals surface area contributed by atoms with Gasteiger partial charge in [0.2, 0.25) is 0 Å². The Bertz CT molecular complexity index is 702. The fourth-order valence-electron chi connectivity index (χ4n) is 3.44. The molecule has 2 heterocycles. The molecular weight excluding hydrogens is 360 g/mol. The summed E-state index contributed by atoms with van der Waals surface area (Å²) in [5.41, 5.74) is 1.56. The quantitative estimate of drug-likeness (QED) is 0.383. The van der Waals surface area contributed by atoms with Crippen LogP contribution in [0.3, 0.4) is 0 Å². The first-order valence-electron chi connectivity index (χ1n) is 7.37. The van der Waals surface area contributed by atoms with Crippen molar-refractivity contribution < 1.29 is 36.7 Å². The zero-order chi connectivity index (χ0) is 19.2. The van der Waals surface area contributed by atoms with Gasteiger partial charge in [-0.05, 0) is 18.3 Å². The molecule has 2 rings (SSSR count). The molecular formula is C12H20N4O8S. The number of hydrazine groups is 1. The van der Waals surface area contributed by atoms with E-state index in [9.17, 15) is 22.8 Å². The second-order valence-electron chi connectivity index (χ2n) is 6.91. The Kier molecular flexibility index (Phi) is 4.61. The van der Waals surface area contributed by atoms with Crippen LogP contribution in [0.15, 0.2) is 0 Å². The number of amides is 4. The lowest BCUT2D eigenvalue weighted by atomic mass is 9.67. The van der Waals surface area contributed by atoms with Crippen LogP contribution in [0.1, 0.15) is 33.6 Å². The molecule has 4 N–H and O–H groups in total. The lowest BCUT2D eigenvalue weighted by Crippen LogP contribution is -2.69. The standard InChI is InChI=1S/C12H20N4O8S/c1-11(2,3)12(8(17)13-14-9(18)19)5-4-7-6-15(12)10(20)16(7)24-25(21,22)23/h7,14H,4-6H2,1-3H3,(H,13,17)(H,18,19)(H,21,22,23)/t7-,12-/m1/s1. The highest BCUT2D eigenvalue weighted by Gasteiger charge is 2.62. The number of urea groups is 1. The highest BCUT2D eigenvalue weighted by molar-refractivity contribution is 7.80. The first-order chi connectivity index (χ1) is 11.3. The molecule has 0 saturated carbocycles. The van der Waals surface area contributed by atoms with Crippen molar-refractivity contribution in [2.45, 2.75) is 45.2 Å². The average molecular weight is 380 g/mol. The Morgan fingerprint density at radius 3 is 2.40 bits per heavy atom. The van der Waals surface area contributed by atoms with Gasteiger partial charge < -0.3 is 10.0 Å². The molecule has 142 valence electrons. The molecule has 2 bridgehead atoms. The number of carbonyl (C=O) groups excluding carboxylic acids is 2. The maximum atomic E-state index is 12.7. The van der Waals surface area contributed by atoms with Gasteiger partial charge in [-0.2, -0.15) is 13.5 Å². The molecule has 2 aliphatic rings. The zero-order valence-corrected chi connectivity index (χ0v) is 14.7. The Balaban J connectivity index is 2.39. The third-order valence-corrected chi connectivity index (χ3v) is 4.87. The van der Waals surface area contributed by atoms with Gasteiger partial charge in [-0.25, -0.2) is 15.0 Å². The van der Waals surface area contributed by atoms with Gasteiger partial charge in [0.15, 0.2) is 0 Å². The van der Waals surface area contributed by atoms with Gasteiger partial charge in [0, 0.05) is 6.54 Å². The second-order valence-corrected chi connectivity index (χ2v) is 7.91. The number of piperidine rings is 1. The summed E-state index contributed by atoms with van der Waals surface area (Å²) in [6.07, 6.45) is -1.11. The smallest absolute Gasteiger partial charge is 0.423 e. The largest absolute Gasteiger partial charge is 0.464 e. The first kappa shape index (κ1) is 19.2. The maximum Gasteiger partial charge on any atom is 0.423 e. The van der Waals surface area contributed by atoms with E-state index in [1.54, 1.807) is 26.2 Å². The lowest BCUT2D eigenvalue weighted by Gasteiger charge is -2.50. The predicted molar refractivity (Wildman–Crippen MR) is 81.1 cm³/mol. The van der Waals surface area contributed by atoms with E-state index in [1.807, 2.05) is 0 Å². The molecule has 2 aliphatic heterocycles. The van der Waals surface area contributed by atoms with Crippen molar-refractivity contribution >= 4 is 28.4 Å². The summed E-state index contributed by atoms with van der Waals surface area (Å²) < 4.78 is 35.1. The fraction of sp³-hybridized carbons (Fsp3) is 0.750. The van der Waals surface area contributed by atoms with E-state index < -0.39 is 45.4 Å². The topological polar surface area (TPSA) is 166 Å². The Hall–Kier alpha value is -2.12. The van der Waals surface area contributed by atoms with Gasteiger partial charge in [-0.15, -0.1) is 4.28 Å². The summed E-state index contributed by atoms with van der Waals surface area (Å²) in [7, 11) is -4.91. The van der Waals surface area contributed by atoms with Crippen LogP contribution >= 0.6 is 0 Å². The fourth-order valence-corrected chi connectivity index (χ4v) is 3.83. The summed E-state index contributed by atoms with van der Waals surface area (Å²) in [6.45, 7) is 5.10. The molecule has 12 nitrogen and oxygen atoms in total. The molecule has 0 aromatic rings. The van der Waals surface area contributed by atoms with Crippen molar-refractivity contribution in [3.05, 3.63) is 0 Å². The Morgan fingerprint density at radius 1 is 1.32 bits per heavy atom. The van der Waals surface area contributed by atoms with Crippen molar-refractivity contribution in [1.82, 2.24) is 20.8 Å². The number of hydroxylamine groups is 2. The van der Waals surface area contributed by atoms with Crippen molar-refractivity contribution in [1.29, 1.82) is 0 Å². The van der Waals surface area contributed by atoms with Crippen LogP contribution in [0, 0.1) is 5.41 Å². The van der Waals surface area contributed by atoms with Crippen LogP contribution in [-0.2, 0) is 19.5 Å². The van der Waals surface area contributed by atoms with E-state index in [2.05, 4.69) is 9.71 Å². The van der Waals surface area contributed by atoms with Crippen molar-refractivity contribution in [2.24, 2.45) is 5.41 Å². The van der Waals surface area contributed by atoms with Gasteiger partial charge >= 0.3 is 22.5 Å². The molecule has 4 amide bonds. The minimum absolute atomic E-state index is 0.00782. The van der Waals surface area contributed by atoms with Gasteiger partial charge in [0.1, 0.15) is 5.54 Å². The second kappa shape index (κ2) is 6.00. The molecule has 2 fully saturated rings. The van der Waals surface area contributed by atoms with Gasteiger partial charge in [-0.1, -0.05) is 20.8 Å². The van der Waals surface area contributed by atoms with E-state index in [0.29, 0.717) is 5.06 Å². The molecule has 0 unspecified atom stereocenters. The van der Waals surface area contributed by atoms with E-state index in [4.69, 9.17) is 9.66 Å². The molecule has 0 aromatic heterocycles. The molecule has 2 atom stereocenters. The van der Waals surface area contributed by atoms with E-state index in [1.165, 1.54) is 0 Å². The Labute approximate surface area is 144 Å². The summed E-state index contributed by atoms with van der Waals surface area (Å²) >= 11 is 0. The van der Waals surface area contributed by atoms with Crippen LogP contribution in [-0.4, -0.2) is 64.2 Å². The number of hydrogen-bond donors (Lipinski definition) is 4. The van der Waals surface area contributed by atoms with Gasteiger partial charge in [0.05, 0.1) is 6.04 Å². The minimum Gasteiger partial charge on any atom is -0.464 e. The molecule has 0 spiro atoms. The summed E-state index contributed by atoms with van der Waals surface area (Å²) in [4.78, 5) is 37.1. The van der Waals surface area contributed by atoms with Crippen LogP contribution in [0.25, 0.3) is 0 Å². The van der Waals surface area contributed by atoms with Gasteiger partial charge in [0.25, 0.3) is 5.91 Å². The molecule has 25 heavy (non-hydrogen) atoms. The van der Waals surface area contributed by atoms with Crippen LogP contribution in [0.2, 0.25) is 0 Å². The SMILES string of the molecule is CC(C)(C)[C@]1(C(=O)NNC(=O)O)CC[C@@H]2CN1C(=O)N2OS(=O)(=O)O. The summed E-state index contributed by atoms with van der Waals surface area (Å²) in [5, 5.41) is 9.20. The molecule has 13 heteroatoms. The van der Waals surface area contributed by atoms with E-state index in [0.717, 1.165) is 4.90 Å². The normalized spacial score (nSPS) is 26.6. The maximum absolute atomic E-state index is 12.7. The third-order valence-electron chi connectivity index (χ3n) is 4.52. The average Bonchev–Trinajstić information content (AvgIpc) is 2.68. The monoisotopic (exact) mass is 380 g/mol. The van der Waals surface area contributed by atoms with Crippen LogP contribution in [0.5, 0.6) is 0 Å². The number of carboxylic acid groups (broad SMARTS) is 1.